The molecule has 0 fully saturated rings. The van der Waals surface area contributed by atoms with Crippen molar-refractivity contribution in [3.05, 3.63) is 34.6 Å². The third kappa shape index (κ3) is 1.58. The Hall–Kier alpha value is -0.343. The van der Waals surface area contributed by atoms with E-state index in [0.29, 0.717) is 11.1 Å². The van der Waals surface area contributed by atoms with E-state index in [9.17, 15) is 4.39 Å². The van der Waals surface area contributed by atoms with E-state index in [-0.39, 0.29) is 5.82 Å². The Balaban J connectivity index is 3.09. The zero-order valence-electron chi connectivity index (χ0n) is 5.20. The summed E-state index contributed by atoms with van der Waals surface area (Å²) in [6.45, 7) is 0. The molecule has 51 valence electrons. The van der Waals surface area contributed by atoms with E-state index in [0.717, 1.165) is 5.56 Å². The van der Waals surface area contributed by atoms with Crippen LogP contribution >= 0.6 is 11.6 Å². The predicted octanol–water partition coefficient (Wildman–Crippen LogP) is 2.15. The van der Waals surface area contributed by atoms with E-state index in [1.54, 1.807) is 6.07 Å². The summed E-state index contributed by atoms with van der Waals surface area (Å²) in [7, 11) is 3.24. The lowest BCUT2D eigenvalue weighted by atomic mass is 10.2. The molecule has 0 amide bonds. The molecule has 0 saturated carbocycles. The molecule has 0 aliphatic heterocycles. The van der Waals surface area contributed by atoms with Gasteiger partial charge in [-0.3, -0.25) is 0 Å². The van der Waals surface area contributed by atoms with Gasteiger partial charge in [0.1, 0.15) is 5.82 Å². The number of benzene rings is 1. The Morgan fingerprint density at radius 1 is 1.50 bits per heavy atom. The second-order valence-electron chi connectivity index (χ2n) is 1.91. The first-order valence-electron chi connectivity index (χ1n) is 2.82. The number of hydrogen-bond donors (Lipinski definition) is 0. The minimum absolute atomic E-state index is 0.252. The van der Waals surface area contributed by atoms with Gasteiger partial charge in [0.15, 0.2) is 0 Å². The molecule has 0 aliphatic rings. The number of halogens is 2. The molecule has 0 aromatic heterocycles. The van der Waals surface area contributed by atoms with Crippen molar-refractivity contribution in [3.8, 4) is 0 Å². The van der Waals surface area contributed by atoms with Crippen molar-refractivity contribution in [1.82, 2.24) is 0 Å². The summed E-state index contributed by atoms with van der Waals surface area (Å²) in [6.07, 6.45) is 0. The molecule has 0 heterocycles. The van der Waals surface area contributed by atoms with Crippen molar-refractivity contribution in [2.75, 3.05) is 0 Å². The Kier molecular flexibility index (Phi) is 2.46. The minimum Gasteiger partial charge on any atom is -0.207 e. The molecule has 0 nitrogen and oxygen atoms in total. The van der Waals surface area contributed by atoms with Gasteiger partial charge in [-0.15, -0.1) is 0 Å². The van der Waals surface area contributed by atoms with Crippen LogP contribution in [0.25, 0.3) is 0 Å². The third-order valence-electron chi connectivity index (χ3n) is 1.20. The normalized spacial score (nSPS) is 9.90. The van der Waals surface area contributed by atoms with Crippen molar-refractivity contribution in [2.24, 2.45) is 0 Å². The largest absolute Gasteiger partial charge is 0.207 e. The first kappa shape index (κ1) is 7.76. The van der Waals surface area contributed by atoms with E-state index in [4.69, 9.17) is 11.6 Å². The lowest BCUT2D eigenvalue weighted by Crippen LogP contribution is -1.86. The Morgan fingerprint density at radius 2 is 2.20 bits per heavy atom. The molecule has 10 heavy (non-hydrogen) atoms. The molecule has 1 aromatic rings. The van der Waals surface area contributed by atoms with E-state index >= 15 is 0 Å². The molecule has 0 atom stereocenters. The first-order valence-corrected chi connectivity index (χ1v) is 3.91. The highest BCUT2D eigenvalue weighted by molar-refractivity contribution is 6.31. The number of rotatable bonds is 1. The van der Waals surface area contributed by atoms with Gasteiger partial charge < -0.3 is 0 Å². The van der Waals surface area contributed by atoms with E-state index < -0.39 is 0 Å². The molecule has 3 radical (unpaired) electrons. The Labute approximate surface area is 67.4 Å². The summed E-state index contributed by atoms with van der Waals surface area (Å²) < 4.78 is 12.5. The van der Waals surface area contributed by atoms with Crippen molar-refractivity contribution in [2.45, 2.75) is 6.04 Å². The molecule has 0 unspecified atom stereocenters. The van der Waals surface area contributed by atoms with Crippen molar-refractivity contribution < 1.29 is 4.39 Å². The van der Waals surface area contributed by atoms with Gasteiger partial charge in [-0.25, -0.2) is 4.39 Å². The Morgan fingerprint density at radius 3 is 2.70 bits per heavy atom. The van der Waals surface area contributed by atoms with E-state index in [1.165, 1.54) is 12.1 Å². The summed E-state index contributed by atoms with van der Waals surface area (Å²) in [5, 5.41) is 0.594. The van der Waals surface area contributed by atoms with Crippen molar-refractivity contribution >= 4 is 21.8 Å². The van der Waals surface area contributed by atoms with Crippen LogP contribution in [0.2, 0.25) is 5.02 Å². The van der Waals surface area contributed by atoms with Gasteiger partial charge in [0, 0.05) is 15.3 Å². The summed E-state index contributed by atoms with van der Waals surface area (Å²) in [4.78, 5) is 0. The van der Waals surface area contributed by atoms with Gasteiger partial charge in [-0.1, -0.05) is 11.6 Å². The molecular weight excluding hydrogens is 167 g/mol. The lowest BCUT2D eigenvalue weighted by Gasteiger charge is -1.98. The topological polar surface area (TPSA) is 0 Å². The molecule has 1 rings (SSSR count). The molecule has 1 aromatic carbocycles. The number of hydrogen-bond acceptors (Lipinski definition) is 0. The monoisotopic (exact) mass is 171 g/mol. The van der Waals surface area contributed by atoms with Gasteiger partial charge in [0.25, 0.3) is 0 Å². The van der Waals surface area contributed by atoms with Crippen LogP contribution in [0.4, 0.5) is 4.39 Å². The van der Waals surface area contributed by atoms with Crippen LogP contribution in [-0.2, 0) is 6.04 Å². The molecule has 0 aliphatic carbocycles. The Bertz CT molecular complexity index is 237. The molecule has 3 heteroatoms. The third-order valence-corrected chi connectivity index (χ3v) is 1.95. The minimum atomic E-state index is -0.252. The first-order chi connectivity index (χ1) is 4.74. The molecule has 0 N–H and O–H groups in total. The summed E-state index contributed by atoms with van der Waals surface area (Å²) in [6, 6.07) is 4.88. The molecule has 0 spiro atoms. The fourth-order valence-electron chi connectivity index (χ4n) is 0.679. The molecular formula is C7H5ClFSi. The van der Waals surface area contributed by atoms with Crippen LogP contribution < -0.4 is 0 Å². The highest BCUT2D eigenvalue weighted by Gasteiger charge is 1.97. The standard InChI is InChI=1S/C7H5ClFSi/c8-7-2-1-6(9)3-5(7)4-10/h1-3H,4H2. The van der Waals surface area contributed by atoms with Gasteiger partial charge >= 0.3 is 0 Å². The summed E-state index contributed by atoms with van der Waals surface area (Å²) >= 11 is 5.70. The van der Waals surface area contributed by atoms with Crippen molar-refractivity contribution in [3.63, 3.8) is 0 Å². The smallest absolute Gasteiger partial charge is 0.123 e. The highest BCUT2D eigenvalue weighted by Crippen LogP contribution is 2.16. The van der Waals surface area contributed by atoms with Gasteiger partial charge in [0.2, 0.25) is 0 Å². The highest BCUT2D eigenvalue weighted by atomic mass is 35.5. The predicted molar refractivity (Wildman–Crippen MR) is 40.9 cm³/mol. The lowest BCUT2D eigenvalue weighted by molar-refractivity contribution is 0.626. The van der Waals surface area contributed by atoms with Gasteiger partial charge in [-0.05, 0) is 29.8 Å². The average Bonchev–Trinajstić information content (AvgIpc) is 1.94. The van der Waals surface area contributed by atoms with Crippen LogP contribution in [-0.4, -0.2) is 10.2 Å². The van der Waals surface area contributed by atoms with Crippen LogP contribution in [0.1, 0.15) is 5.56 Å². The fraction of sp³-hybridized carbons (Fsp3) is 0.143. The van der Waals surface area contributed by atoms with Gasteiger partial charge in [0.05, 0.1) is 0 Å². The SMILES string of the molecule is Fc1ccc(Cl)c(C[Si])c1. The van der Waals surface area contributed by atoms with E-state index in [2.05, 4.69) is 10.2 Å². The zero-order valence-corrected chi connectivity index (χ0v) is 6.95. The quantitative estimate of drug-likeness (QED) is 0.568. The average molecular weight is 172 g/mol. The van der Waals surface area contributed by atoms with E-state index in [1.807, 2.05) is 0 Å². The van der Waals surface area contributed by atoms with Crippen LogP contribution in [0.3, 0.4) is 0 Å². The summed E-state index contributed by atoms with van der Waals surface area (Å²) in [5.74, 6) is -0.252. The van der Waals surface area contributed by atoms with Crippen LogP contribution in [0, 0.1) is 5.82 Å². The second-order valence-corrected chi connectivity index (χ2v) is 2.67. The van der Waals surface area contributed by atoms with Gasteiger partial charge in [-0.2, -0.15) is 0 Å². The molecule has 0 saturated heterocycles. The van der Waals surface area contributed by atoms with Crippen molar-refractivity contribution in [1.29, 1.82) is 0 Å². The fourth-order valence-corrected chi connectivity index (χ4v) is 1.27. The second kappa shape index (κ2) is 3.17. The summed E-state index contributed by atoms with van der Waals surface area (Å²) in [5.41, 5.74) is 0.776. The maximum absolute atomic E-state index is 12.5. The zero-order chi connectivity index (χ0) is 7.56. The maximum atomic E-state index is 12.5. The molecule has 0 bridgehead atoms. The maximum Gasteiger partial charge on any atom is 0.123 e. The van der Waals surface area contributed by atoms with Crippen LogP contribution in [0.5, 0.6) is 0 Å². The van der Waals surface area contributed by atoms with Crippen LogP contribution in [0.15, 0.2) is 18.2 Å².